The average Bonchev–Trinajstić information content (AvgIpc) is 2.37. The number of hydrazine groups is 1. The van der Waals surface area contributed by atoms with Crippen molar-refractivity contribution < 1.29 is 9.72 Å². The van der Waals surface area contributed by atoms with Crippen LogP contribution in [0.4, 0.5) is 11.4 Å². The molecular weight excluding hydrogens is 262 g/mol. The van der Waals surface area contributed by atoms with Crippen LogP contribution in [0.2, 0.25) is 0 Å². The summed E-state index contributed by atoms with van der Waals surface area (Å²) in [6.07, 6.45) is 0. The molecule has 0 atom stereocenters. The first-order chi connectivity index (χ1) is 9.35. The van der Waals surface area contributed by atoms with E-state index in [-0.39, 0.29) is 23.8 Å². The molecule has 0 spiro atoms. The molecule has 8 heteroatoms. The highest BCUT2D eigenvalue weighted by Gasteiger charge is 2.14. The highest BCUT2D eigenvalue weighted by molar-refractivity contribution is 5.77. The molecule has 110 valence electrons. The second-order valence-electron chi connectivity index (χ2n) is 4.71. The largest absolute Gasteiger partial charge is 0.348 e. The fourth-order valence-electron chi connectivity index (χ4n) is 1.70. The number of nitrogens with two attached hydrogens (primary N) is 1. The maximum absolute atomic E-state index is 11.6. The molecule has 0 aliphatic carbocycles. The van der Waals surface area contributed by atoms with Gasteiger partial charge >= 0.3 is 0 Å². The maximum atomic E-state index is 11.6. The molecular formula is C12H19N5O3. The molecule has 0 aromatic heterocycles. The molecule has 1 rings (SSSR count). The molecule has 0 aliphatic heterocycles. The van der Waals surface area contributed by atoms with Crippen LogP contribution in [0.15, 0.2) is 18.2 Å². The molecule has 0 saturated carbocycles. The zero-order valence-corrected chi connectivity index (χ0v) is 11.8. The van der Waals surface area contributed by atoms with E-state index in [0.717, 1.165) is 5.56 Å². The Hall–Kier alpha value is -2.19. The SMILES string of the molecule is CN(CC(=O)N(C)C)Cc1ccc([N+](=O)[O-])c(NN)c1. The Kier molecular flexibility index (Phi) is 5.42. The first kappa shape index (κ1) is 15.9. The number of nitrogens with zero attached hydrogens (tertiary/aromatic N) is 3. The van der Waals surface area contributed by atoms with Crippen LogP contribution >= 0.6 is 0 Å². The molecule has 0 radical (unpaired) electrons. The van der Waals surface area contributed by atoms with Gasteiger partial charge in [0.2, 0.25) is 5.91 Å². The van der Waals surface area contributed by atoms with Gasteiger partial charge in [-0.3, -0.25) is 25.7 Å². The van der Waals surface area contributed by atoms with E-state index in [1.54, 1.807) is 33.3 Å². The predicted octanol–water partition coefficient (Wildman–Crippen LogP) is 0.400. The highest BCUT2D eigenvalue weighted by atomic mass is 16.6. The Morgan fingerprint density at radius 1 is 1.40 bits per heavy atom. The minimum Gasteiger partial charge on any atom is -0.348 e. The van der Waals surface area contributed by atoms with Gasteiger partial charge < -0.3 is 10.3 Å². The number of carbonyl (C=O) groups is 1. The number of nitro benzene ring substituents is 1. The van der Waals surface area contributed by atoms with Crippen LogP contribution < -0.4 is 11.3 Å². The lowest BCUT2D eigenvalue weighted by atomic mass is 10.1. The van der Waals surface area contributed by atoms with Crippen LogP contribution in [0, 0.1) is 10.1 Å². The van der Waals surface area contributed by atoms with Gasteiger partial charge in [-0.15, -0.1) is 0 Å². The maximum Gasteiger partial charge on any atom is 0.293 e. The Labute approximate surface area is 117 Å². The number of amides is 1. The van der Waals surface area contributed by atoms with Gasteiger partial charge in [-0.25, -0.2) is 0 Å². The molecule has 1 aromatic carbocycles. The zero-order chi connectivity index (χ0) is 15.3. The number of rotatable bonds is 6. The summed E-state index contributed by atoms with van der Waals surface area (Å²) in [5.41, 5.74) is 3.31. The van der Waals surface area contributed by atoms with Crippen molar-refractivity contribution in [2.75, 3.05) is 33.1 Å². The van der Waals surface area contributed by atoms with Gasteiger partial charge in [0.05, 0.1) is 11.5 Å². The molecule has 20 heavy (non-hydrogen) atoms. The number of hydrogen-bond donors (Lipinski definition) is 2. The Balaban J connectivity index is 2.78. The molecule has 0 unspecified atom stereocenters. The van der Waals surface area contributed by atoms with Crippen molar-refractivity contribution in [1.82, 2.24) is 9.80 Å². The van der Waals surface area contributed by atoms with E-state index in [4.69, 9.17) is 5.84 Å². The van der Waals surface area contributed by atoms with Crippen LogP contribution in [-0.2, 0) is 11.3 Å². The van der Waals surface area contributed by atoms with Gasteiger partial charge in [-0.05, 0) is 18.7 Å². The number of benzene rings is 1. The van der Waals surface area contributed by atoms with Crippen molar-refractivity contribution in [3.63, 3.8) is 0 Å². The topological polar surface area (TPSA) is 105 Å². The molecule has 1 amide bonds. The summed E-state index contributed by atoms with van der Waals surface area (Å²) in [7, 11) is 5.19. The van der Waals surface area contributed by atoms with Crippen molar-refractivity contribution in [1.29, 1.82) is 0 Å². The summed E-state index contributed by atoms with van der Waals surface area (Å²) < 4.78 is 0. The van der Waals surface area contributed by atoms with Crippen molar-refractivity contribution in [2.45, 2.75) is 6.54 Å². The van der Waals surface area contributed by atoms with Crippen molar-refractivity contribution >= 4 is 17.3 Å². The van der Waals surface area contributed by atoms with E-state index in [1.807, 2.05) is 4.90 Å². The van der Waals surface area contributed by atoms with Gasteiger partial charge in [0, 0.05) is 26.7 Å². The highest BCUT2D eigenvalue weighted by Crippen LogP contribution is 2.24. The number of nitrogen functional groups attached to an aromatic ring is 1. The number of hydrogen-bond acceptors (Lipinski definition) is 6. The summed E-state index contributed by atoms with van der Waals surface area (Å²) in [6, 6.07) is 4.65. The lowest BCUT2D eigenvalue weighted by Crippen LogP contribution is -2.34. The number of nitro groups is 1. The van der Waals surface area contributed by atoms with Crippen LogP contribution in [-0.4, -0.2) is 48.3 Å². The van der Waals surface area contributed by atoms with E-state index < -0.39 is 4.92 Å². The molecule has 3 N–H and O–H groups in total. The van der Waals surface area contributed by atoms with Gasteiger partial charge in [-0.2, -0.15) is 0 Å². The Morgan fingerprint density at radius 2 is 2.05 bits per heavy atom. The van der Waals surface area contributed by atoms with Crippen LogP contribution in [0.3, 0.4) is 0 Å². The summed E-state index contributed by atoms with van der Waals surface area (Å²) >= 11 is 0. The van der Waals surface area contributed by atoms with Gasteiger partial charge in [0.15, 0.2) is 0 Å². The van der Waals surface area contributed by atoms with Crippen molar-refractivity contribution in [3.05, 3.63) is 33.9 Å². The van der Waals surface area contributed by atoms with Crippen molar-refractivity contribution in [3.8, 4) is 0 Å². The number of anilines is 1. The molecule has 8 nitrogen and oxygen atoms in total. The summed E-state index contributed by atoms with van der Waals surface area (Å²) in [5.74, 6) is 5.27. The lowest BCUT2D eigenvalue weighted by Gasteiger charge is -2.19. The number of nitrogens with one attached hydrogen (secondary N) is 1. The van der Waals surface area contributed by atoms with E-state index in [1.165, 1.54) is 11.0 Å². The molecule has 0 fully saturated rings. The fourth-order valence-corrected chi connectivity index (χ4v) is 1.70. The minimum atomic E-state index is -0.502. The molecule has 0 bridgehead atoms. The second kappa shape index (κ2) is 6.83. The molecule has 0 heterocycles. The minimum absolute atomic E-state index is 0.00779. The third-order valence-electron chi connectivity index (χ3n) is 2.77. The van der Waals surface area contributed by atoms with Crippen LogP contribution in [0.1, 0.15) is 5.56 Å². The van der Waals surface area contributed by atoms with Gasteiger partial charge in [0.25, 0.3) is 5.69 Å². The molecule has 0 aliphatic rings. The predicted molar refractivity (Wildman–Crippen MR) is 75.9 cm³/mol. The van der Waals surface area contributed by atoms with Crippen LogP contribution in [0.5, 0.6) is 0 Å². The summed E-state index contributed by atoms with van der Waals surface area (Å²) in [4.78, 5) is 25.2. The van der Waals surface area contributed by atoms with Gasteiger partial charge in [-0.1, -0.05) is 6.07 Å². The first-order valence-corrected chi connectivity index (χ1v) is 5.97. The van der Waals surface area contributed by atoms with E-state index >= 15 is 0 Å². The molecule has 0 saturated heterocycles. The lowest BCUT2D eigenvalue weighted by molar-refractivity contribution is -0.384. The van der Waals surface area contributed by atoms with E-state index in [9.17, 15) is 14.9 Å². The quantitative estimate of drug-likeness (QED) is 0.444. The third-order valence-corrected chi connectivity index (χ3v) is 2.77. The van der Waals surface area contributed by atoms with Crippen LogP contribution in [0.25, 0.3) is 0 Å². The number of likely N-dealkylation sites (N-methyl/N-ethyl adjacent to an activating group) is 2. The first-order valence-electron chi connectivity index (χ1n) is 5.97. The normalized spacial score (nSPS) is 10.4. The van der Waals surface area contributed by atoms with Gasteiger partial charge in [0.1, 0.15) is 5.69 Å². The van der Waals surface area contributed by atoms with Crippen molar-refractivity contribution in [2.24, 2.45) is 5.84 Å². The third kappa shape index (κ3) is 4.18. The summed E-state index contributed by atoms with van der Waals surface area (Å²) in [5, 5.41) is 10.8. The zero-order valence-electron chi connectivity index (χ0n) is 11.8. The smallest absolute Gasteiger partial charge is 0.293 e. The Bertz CT molecular complexity index is 504. The molecule has 1 aromatic rings. The van der Waals surface area contributed by atoms with E-state index in [2.05, 4.69) is 5.43 Å². The average molecular weight is 281 g/mol. The standard InChI is InChI=1S/C12H19N5O3/c1-15(2)12(18)8-16(3)7-9-4-5-11(17(19)20)10(6-9)14-13/h4-6,14H,7-8,13H2,1-3H3. The van der Waals surface area contributed by atoms with E-state index in [0.29, 0.717) is 6.54 Å². The summed E-state index contributed by atoms with van der Waals surface area (Å²) in [6.45, 7) is 0.766. The Morgan fingerprint density at radius 3 is 2.55 bits per heavy atom. The fraction of sp³-hybridized carbons (Fsp3) is 0.417. The monoisotopic (exact) mass is 281 g/mol. The number of carbonyl (C=O) groups excluding carboxylic acids is 1. The second-order valence-corrected chi connectivity index (χ2v) is 4.71.